The molecule has 0 nitrogen and oxygen atoms in total. The molecule has 124 valence electrons. The lowest BCUT2D eigenvalue weighted by Gasteiger charge is -2.37. The Bertz CT molecular complexity index is 272. The molecule has 0 unspecified atom stereocenters. The zero-order valence-electron chi connectivity index (χ0n) is 15.4. The Morgan fingerprint density at radius 2 is 0.810 bits per heavy atom. The molecule has 21 heavy (non-hydrogen) atoms. The van der Waals surface area contributed by atoms with E-state index in [1.165, 1.54) is 51.4 Å². The summed E-state index contributed by atoms with van der Waals surface area (Å²) in [7, 11) is 0. The van der Waals surface area contributed by atoms with Gasteiger partial charge >= 0.3 is 0 Å². The molecule has 2 aliphatic rings. The van der Waals surface area contributed by atoms with Crippen LogP contribution in [0.2, 0.25) is 0 Å². The van der Waals surface area contributed by atoms with Crippen molar-refractivity contribution in [3.8, 4) is 0 Å². The maximum Gasteiger partial charge on any atom is 0.116 e. The summed E-state index contributed by atoms with van der Waals surface area (Å²) in [6.45, 7) is 14.6. The van der Waals surface area contributed by atoms with Crippen LogP contribution in [0.5, 0.6) is 0 Å². The third kappa shape index (κ3) is 5.19. The Morgan fingerprint density at radius 3 is 1.05 bits per heavy atom. The minimum Gasteiger partial charge on any atom is -0.0599 e. The predicted octanol–water partition coefficient (Wildman–Crippen LogP) is 6.01. The lowest BCUT2D eigenvalue weighted by molar-refractivity contribution is 0.178. The van der Waals surface area contributed by atoms with Crippen molar-refractivity contribution in [1.29, 1.82) is 0 Å². The van der Waals surface area contributed by atoms with Gasteiger partial charge in [-0.25, -0.2) is 0 Å². The van der Waals surface area contributed by atoms with Crippen LogP contribution in [0.1, 0.15) is 92.9 Å². The molecule has 0 amide bonds. The fraction of sp³-hybridized carbons (Fsp3) is 1.00. The van der Waals surface area contributed by atoms with Crippen LogP contribution in [0.3, 0.4) is 0 Å². The number of hydrogen-bond donors (Lipinski definition) is 0. The molecule has 0 heterocycles. The van der Waals surface area contributed by atoms with E-state index in [-0.39, 0.29) is 0 Å². The first-order chi connectivity index (χ1) is 9.66. The van der Waals surface area contributed by atoms with E-state index >= 15 is 0 Å². The van der Waals surface area contributed by atoms with Gasteiger partial charge in [0.25, 0.3) is 0 Å². The van der Waals surface area contributed by atoms with Gasteiger partial charge in [-0.3, -0.25) is 0 Å². The highest BCUT2D eigenvalue weighted by atomic mass is 32.2. The average Bonchev–Trinajstić information content (AvgIpc) is 2.38. The van der Waals surface area contributed by atoms with Crippen molar-refractivity contribution in [2.45, 2.75) is 103 Å². The van der Waals surface area contributed by atoms with Crippen LogP contribution in [0, 0.1) is 22.7 Å². The highest BCUT2D eigenvalue weighted by Crippen LogP contribution is 2.42. The summed E-state index contributed by atoms with van der Waals surface area (Å²) >= 11 is 1.82. The van der Waals surface area contributed by atoms with Crippen molar-refractivity contribution < 1.29 is 0 Å². The van der Waals surface area contributed by atoms with Gasteiger partial charge in [-0.2, -0.15) is 0 Å². The van der Waals surface area contributed by atoms with E-state index in [0.717, 1.165) is 22.3 Å². The monoisotopic (exact) mass is 311 g/mol. The fourth-order valence-corrected chi connectivity index (χ4v) is 6.27. The van der Waals surface area contributed by atoms with Gasteiger partial charge in [-0.15, -0.1) is 0 Å². The van der Waals surface area contributed by atoms with Crippen LogP contribution in [-0.4, -0.2) is 10.5 Å². The summed E-state index contributed by atoms with van der Waals surface area (Å²) in [5.41, 5.74) is 1.07. The van der Waals surface area contributed by atoms with Gasteiger partial charge < -0.3 is 0 Å². The van der Waals surface area contributed by atoms with Crippen molar-refractivity contribution in [3.05, 3.63) is 0 Å². The molecule has 0 aromatic rings. The first kappa shape index (κ1) is 17.7. The molecule has 0 N–H and O–H groups in total. The number of hydrogen-bond acceptors (Lipinski definition) is 0. The van der Waals surface area contributed by atoms with Gasteiger partial charge in [0.05, 0.1) is 0 Å². The van der Waals surface area contributed by atoms with Gasteiger partial charge in [0, 0.05) is 0 Å². The molecule has 2 fully saturated rings. The molecule has 0 aliphatic heterocycles. The molecule has 0 bridgehead atoms. The summed E-state index contributed by atoms with van der Waals surface area (Å²) in [6, 6.07) is 0. The minimum atomic E-state index is 0.534. The van der Waals surface area contributed by atoms with E-state index < -0.39 is 0 Å². The third-order valence-corrected chi connectivity index (χ3v) is 8.14. The molecule has 1 heteroatoms. The lowest BCUT2D eigenvalue weighted by atomic mass is 9.72. The standard InChI is InChI=1S/C20H38S/c1-19(2,3)15-7-11-17(12-8-15)21-18-13-9-16(10-14-18)20(4,5)6/h15-18H,7-14H2,1-6H3/p+1. The Labute approximate surface area is 138 Å². The Hall–Kier alpha value is 0.350. The first-order valence-electron chi connectivity index (χ1n) is 9.36. The second-order valence-corrected chi connectivity index (χ2v) is 11.7. The summed E-state index contributed by atoms with van der Waals surface area (Å²) < 4.78 is 0. The van der Waals surface area contributed by atoms with Gasteiger partial charge in [-0.05, 0) is 85.8 Å². The maximum atomic E-state index is 2.43. The molecule has 0 aromatic heterocycles. The topological polar surface area (TPSA) is 0 Å². The van der Waals surface area contributed by atoms with Gasteiger partial charge in [0.1, 0.15) is 10.5 Å². The Kier molecular flexibility index (Phi) is 5.77. The van der Waals surface area contributed by atoms with Crippen molar-refractivity contribution in [2.75, 3.05) is 0 Å². The zero-order chi connectivity index (χ0) is 15.7. The smallest absolute Gasteiger partial charge is 0.0599 e. The average molecular weight is 312 g/mol. The van der Waals surface area contributed by atoms with Crippen LogP contribution < -0.4 is 0 Å². The molecule has 0 spiro atoms. The molecule has 2 aliphatic carbocycles. The SMILES string of the molecule is CC(C)(C)C1CCC([SH+]C2CCC(C(C)(C)C)CC2)CC1. The van der Waals surface area contributed by atoms with Crippen molar-refractivity contribution in [3.63, 3.8) is 0 Å². The lowest BCUT2D eigenvalue weighted by Crippen LogP contribution is -2.33. The van der Waals surface area contributed by atoms with Crippen molar-refractivity contribution in [2.24, 2.45) is 22.7 Å². The van der Waals surface area contributed by atoms with Crippen LogP contribution in [0.15, 0.2) is 0 Å². The normalized spacial score (nSPS) is 35.7. The quantitative estimate of drug-likeness (QED) is 0.432. The van der Waals surface area contributed by atoms with E-state index in [1.807, 2.05) is 11.8 Å². The molecule has 2 saturated carbocycles. The number of thiol groups is 1. The van der Waals surface area contributed by atoms with Crippen LogP contribution in [0.25, 0.3) is 0 Å². The second-order valence-electron chi connectivity index (χ2n) is 9.89. The van der Waals surface area contributed by atoms with Gasteiger partial charge in [0.2, 0.25) is 0 Å². The van der Waals surface area contributed by atoms with E-state index in [0.29, 0.717) is 10.8 Å². The minimum absolute atomic E-state index is 0.534. The maximum absolute atomic E-state index is 2.43. The highest BCUT2D eigenvalue weighted by molar-refractivity contribution is 7.79. The molecule has 0 saturated heterocycles. The van der Waals surface area contributed by atoms with Crippen molar-refractivity contribution in [1.82, 2.24) is 0 Å². The zero-order valence-corrected chi connectivity index (χ0v) is 16.3. The fourth-order valence-electron chi connectivity index (χ4n) is 4.48. The molecule has 2 rings (SSSR count). The van der Waals surface area contributed by atoms with Gasteiger partial charge in [0.15, 0.2) is 0 Å². The van der Waals surface area contributed by atoms with Crippen LogP contribution in [-0.2, 0) is 11.8 Å². The Morgan fingerprint density at radius 1 is 0.524 bits per heavy atom. The third-order valence-electron chi connectivity index (χ3n) is 6.26. The molecule has 0 radical (unpaired) electrons. The molecule has 0 atom stereocenters. The summed E-state index contributed by atoms with van der Waals surface area (Å²) in [5.74, 6) is 1.95. The molecular weight excluding hydrogens is 272 g/mol. The van der Waals surface area contributed by atoms with E-state index in [2.05, 4.69) is 41.5 Å². The van der Waals surface area contributed by atoms with E-state index in [4.69, 9.17) is 0 Å². The highest BCUT2D eigenvalue weighted by Gasteiger charge is 2.37. The predicted molar refractivity (Wildman–Crippen MR) is 99.2 cm³/mol. The Balaban J connectivity index is 1.71. The van der Waals surface area contributed by atoms with Crippen molar-refractivity contribution >= 4 is 11.8 Å². The number of rotatable bonds is 2. The first-order valence-corrected chi connectivity index (χ1v) is 10.4. The largest absolute Gasteiger partial charge is 0.116 e. The molecule has 0 aromatic carbocycles. The second kappa shape index (κ2) is 6.85. The summed E-state index contributed by atoms with van der Waals surface area (Å²) in [5, 5.41) is 2.06. The van der Waals surface area contributed by atoms with Crippen LogP contribution in [0.4, 0.5) is 0 Å². The molecular formula is C20H39S+. The van der Waals surface area contributed by atoms with Crippen LogP contribution >= 0.6 is 0 Å². The van der Waals surface area contributed by atoms with E-state index in [9.17, 15) is 0 Å². The van der Waals surface area contributed by atoms with E-state index in [1.54, 1.807) is 0 Å². The summed E-state index contributed by atoms with van der Waals surface area (Å²) in [6.07, 6.45) is 11.9. The summed E-state index contributed by atoms with van der Waals surface area (Å²) in [4.78, 5) is 0. The van der Waals surface area contributed by atoms with Gasteiger partial charge in [-0.1, -0.05) is 41.5 Å².